The standard InChI is InChI=1S/C25H26ClF3N6O2/c1-34-18-5-4-15(31-22-17(26)11-30-24(33-22)35-8-6-14(27)7-9-35)10-16(18)19-20(23(34)36)37-12-25(28,29)21(32-19)13-2-3-13/h4-5,10-11,13-14,21,32H,2-3,6-9,12H2,1H3,(H,30,31,33). The SMILES string of the molecule is Cn1c(=O)c2c(c3cc(Nc4nc(N5CCC(F)CC5)ncc4Cl)ccc31)NC(C1CC1)C(F)(F)CO2. The molecule has 1 saturated heterocycles. The van der Waals surface area contributed by atoms with E-state index in [1.807, 2.05) is 4.90 Å². The van der Waals surface area contributed by atoms with Crippen LogP contribution in [0.1, 0.15) is 25.7 Å². The summed E-state index contributed by atoms with van der Waals surface area (Å²) in [6.07, 6.45) is 2.91. The number of halogens is 4. The van der Waals surface area contributed by atoms with E-state index in [1.165, 1.54) is 10.8 Å². The summed E-state index contributed by atoms with van der Waals surface area (Å²) < 4.78 is 50.1. The molecule has 0 amide bonds. The Hall–Kier alpha value is -3.21. The summed E-state index contributed by atoms with van der Waals surface area (Å²) in [6, 6.07) is 4.13. The van der Waals surface area contributed by atoms with Crippen molar-refractivity contribution in [3.05, 3.63) is 39.8 Å². The molecule has 6 rings (SSSR count). The van der Waals surface area contributed by atoms with Crippen LogP contribution in [0.5, 0.6) is 5.75 Å². The number of piperidine rings is 1. The molecule has 2 aromatic heterocycles. The van der Waals surface area contributed by atoms with Crippen LogP contribution in [0, 0.1) is 5.92 Å². The van der Waals surface area contributed by atoms with Crippen molar-refractivity contribution >= 4 is 45.6 Å². The van der Waals surface area contributed by atoms with Crippen LogP contribution >= 0.6 is 11.6 Å². The summed E-state index contributed by atoms with van der Waals surface area (Å²) in [4.78, 5) is 23.7. The Morgan fingerprint density at radius 2 is 1.97 bits per heavy atom. The van der Waals surface area contributed by atoms with Crippen molar-refractivity contribution in [3.63, 3.8) is 0 Å². The van der Waals surface area contributed by atoms with Gasteiger partial charge in [0.15, 0.2) is 12.4 Å². The van der Waals surface area contributed by atoms with E-state index in [-0.39, 0.29) is 17.4 Å². The normalized spacial score (nSPS) is 21.6. The van der Waals surface area contributed by atoms with Gasteiger partial charge in [0.1, 0.15) is 11.2 Å². The highest BCUT2D eigenvalue weighted by molar-refractivity contribution is 6.32. The van der Waals surface area contributed by atoms with Gasteiger partial charge >= 0.3 is 5.92 Å². The highest BCUT2D eigenvalue weighted by atomic mass is 35.5. The number of anilines is 4. The zero-order valence-corrected chi connectivity index (χ0v) is 20.9. The zero-order chi connectivity index (χ0) is 25.9. The predicted molar refractivity (Wildman–Crippen MR) is 136 cm³/mol. The van der Waals surface area contributed by atoms with E-state index >= 15 is 0 Å². The maximum Gasteiger partial charge on any atom is 0.301 e. The first-order chi connectivity index (χ1) is 17.7. The minimum atomic E-state index is -3.12. The van der Waals surface area contributed by atoms with E-state index in [1.54, 1.807) is 25.2 Å². The molecule has 0 spiro atoms. The number of ether oxygens (including phenoxy) is 1. The van der Waals surface area contributed by atoms with Crippen LogP contribution in [0.4, 0.5) is 36.3 Å². The summed E-state index contributed by atoms with van der Waals surface area (Å²) >= 11 is 6.37. The number of aryl methyl sites for hydroxylation is 1. The number of benzene rings is 1. The highest BCUT2D eigenvalue weighted by Crippen LogP contribution is 2.45. The molecule has 1 saturated carbocycles. The number of fused-ring (bicyclic) bond motifs is 3. The van der Waals surface area contributed by atoms with E-state index in [0.717, 1.165) is 0 Å². The van der Waals surface area contributed by atoms with Crippen LogP contribution in [0.2, 0.25) is 5.02 Å². The minimum Gasteiger partial charge on any atom is -0.480 e. The Balaban J connectivity index is 1.38. The van der Waals surface area contributed by atoms with Gasteiger partial charge in [-0.3, -0.25) is 4.79 Å². The molecule has 0 radical (unpaired) electrons. The summed E-state index contributed by atoms with van der Waals surface area (Å²) in [6.45, 7) is 0.166. The fourth-order valence-corrected chi connectivity index (χ4v) is 5.21. The molecule has 12 heteroatoms. The topological polar surface area (TPSA) is 84.3 Å². The smallest absolute Gasteiger partial charge is 0.301 e. The van der Waals surface area contributed by atoms with Gasteiger partial charge in [-0.1, -0.05) is 11.6 Å². The quantitative estimate of drug-likeness (QED) is 0.493. The Morgan fingerprint density at radius 3 is 2.70 bits per heavy atom. The van der Waals surface area contributed by atoms with Gasteiger partial charge in [0, 0.05) is 31.2 Å². The average Bonchev–Trinajstić information content (AvgIpc) is 3.72. The number of pyridine rings is 1. The maximum atomic E-state index is 14.9. The number of nitrogens with zero attached hydrogens (tertiary/aromatic N) is 4. The summed E-state index contributed by atoms with van der Waals surface area (Å²) in [5, 5.41) is 7.01. The van der Waals surface area contributed by atoms with Crippen molar-refractivity contribution < 1.29 is 17.9 Å². The number of nitrogens with one attached hydrogen (secondary N) is 2. The van der Waals surface area contributed by atoms with E-state index < -0.39 is 30.3 Å². The molecule has 0 bridgehead atoms. The molecular weight excluding hydrogens is 509 g/mol. The van der Waals surface area contributed by atoms with Gasteiger partial charge in [-0.25, -0.2) is 18.2 Å². The summed E-state index contributed by atoms with van der Waals surface area (Å²) in [5.74, 6) is -2.61. The Labute approximate surface area is 215 Å². The molecule has 2 fully saturated rings. The van der Waals surface area contributed by atoms with Crippen molar-refractivity contribution in [3.8, 4) is 5.75 Å². The molecule has 196 valence electrons. The fraction of sp³-hybridized carbons (Fsp3) is 0.480. The molecule has 37 heavy (non-hydrogen) atoms. The van der Waals surface area contributed by atoms with E-state index in [2.05, 4.69) is 20.6 Å². The molecule has 1 unspecified atom stereocenters. The first-order valence-corrected chi connectivity index (χ1v) is 12.7. The molecule has 4 heterocycles. The van der Waals surface area contributed by atoms with Crippen molar-refractivity contribution in [1.29, 1.82) is 0 Å². The third kappa shape index (κ3) is 4.43. The molecule has 8 nitrogen and oxygen atoms in total. The largest absolute Gasteiger partial charge is 0.480 e. The molecule has 1 aliphatic carbocycles. The van der Waals surface area contributed by atoms with Crippen LogP contribution in [0.15, 0.2) is 29.2 Å². The van der Waals surface area contributed by atoms with Gasteiger partial charge in [0.25, 0.3) is 5.56 Å². The van der Waals surface area contributed by atoms with Crippen LogP contribution in [0.3, 0.4) is 0 Å². The summed E-state index contributed by atoms with van der Waals surface area (Å²) in [5.41, 5.74) is 0.930. The lowest BCUT2D eigenvalue weighted by Crippen LogP contribution is -2.44. The van der Waals surface area contributed by atoms with Gasteiger partial charge < -0.3 is 24.8 Å². The average molecular weight is 535 g/mol. The number of hydrogen-bond acceptors (Lipinski definition) is 7. The van der Waals surface area contributed by atoms with Crippen molar-refractivity contribution in [2.75, 3.05) is 35.2 Å². The fourth-order valence-electron chi connectivity index (χ4n) is 5.07. The van der Waals surface area contributed by atoms with Crippen LogP contribution in [-0.2, 0) is 7.05 Å². The van der Waals surface area contributed by atoms with Crippen LogP contribution < -0.4 is 25.8 Å². The first kappa shape index (κ1) is 24.1. The van der Waals surface area contributed by atoms with Crippen LogP contribution in [-0.4, -0.2) is 52.4 Å². The lowest BCUT2D eigenvalue weighted by atomic mass is 10.0. The Morgan fingerprint density at radius 1 is 1.22 bits per heavy atom. The minimum absolute atomic E-state index is 0.117. The number of alkyl halides is 3. The molecule has 2 aliphatic heterocycles. The van der Waals surface area contributed by atoms with E-state index in [0.29, 0.717) is 72.2 Å². The van der Waals surface area contributed by atoms with Gasteiger partial charge in [-0.05, 0) is 49.8 Å². The predicted octanol–water partition coefficient (Wildman–Crippen LogP) is 4.88. The third-order valence-corrected chi connectivity index (χ3v) is 7.59. The second-order valence-corrected chi connectivity index (χ2v) is 10.4. The number of hydrogen-bond donors (Lipinski definition) is 2. The highest BCUT2D eigenvalue weighted by Gasteiger charge is 2.51. The Kier molecular flexibility index (Phi) is 5.85. The molecular formula is C25H26ClF3N6O2. The molecule has 3 aromatic rings. The van der Waals surface area contributed by atoms with Crippen molar-refractivity contribution in [1.82, 2.24) is 14.5 Å². The monoisotopic (exact) mass is 534 g/mol. The van der Waals surface area contributed by atoms with E-state index in [4.69, 9.17) is 16.3 Å². The zero-order valence-electron chi connectivity index (χ0n) is 20.1. The third-order valence-electron chi connectivity index (χ3n) is 7.31. The molecule has 1 aromatic carbocycles. The van der Waals surface area contributed by atoms with Gasteiger partial charge in [-0.2, -0.15) is 4.98 Å². The molecule has 1 atom stereocenters. The van der Waals surface area contributed by atoms with Crippen molar-refractivity contribution in [2.24, 2.45) is 13.0 Å². The lowest BCUT2D eigenvalue weighted by molar-refractivity contribution is -0.0579. The van der Waals surface area contributed by atoms with E-state index in [9.17, 15) is 18.0 Å². The van der Waals surface area contributed by atoms with Gasteiger partial charge in [0.2, 0.25) is 11.7 Å². The number of aromatic nitrogens is 3. The molecule has 3 aliphatic rings. The first-order valence-electron chi connectivity index (χ1n) is 12.3. The second kappa shape index (κ2) is 8.97. The van der Waals surface area contributed by atoms with Crippen LogP contribution in [0.25, 0.3) is 10.9 Å². The van der Waals surface area contributed by atoms with Crippen molar-refractivity contribution in [2.45, 2.75) is 43.8 Å². The second-order valence-electron chi connectivity index (χ2n) is 9.96. The van der Waals surface area contributed by atoms with Gasteiger partial charge in [0.05, 0.1) is 23.4 Å². The number of rotatable bonds is 4. The maximum absolute atomic E-state index is 14.9. The summed E-state index contributed by atoms with van der Waals surface area (Å²) in [7, 11) is 1.58. The van der Waals surface area contributed by atoms with Gasteiger partial charge in [-0.15, -0.1) is 0 Å². The Bertz CT molecular complexity index is 1420. The lowest BCUT2D eigenvalue weighted by Gasteiger charge is -2.28. The molecule has 2 N–H and O–H groups in total.